The second-order valence-electron chi connectivity index (χ2n) is 7.73. The van der Waals surface area contributed by atoms with Crippen molar-refractivity contribution in [2.24, 2.45) is 11.8 Å². The lowest BCUT2D eigenvalue weighted by Crippen LogP contribution is -2.25. The maximum absolute atomic E-state index is 11.6. The van der Waals surface area contributed by atoms with Gasteiger partial charge in [-0.15, -0.1) is 0 Å². The summed E-state index contributed by atoms with van der Waals surface area (Å²) in [6.07, 6.45) is 7.69. The van der Waals surface area contributed by atoms with Crippen molar-refractivity contribution in [3.05, 3.63) is 30.1 Å². The van der Waals surface area contributed by atoms with Gasteiger partial charge in [-0.1, -0.05) is 32.4 Å². The summed E-state index contributed by atoms with van der Waals surface area (Å²) >= 11 is 0. The molecule has 1 aromatic heterocycles. The van der Waals surface area contributed by atoms with Crippen LogP contribution in [0.3, 0.4) is 0 Å². The molecule has 1 aliphatic rings. The Morgan fingerprint density at radius 3 is 2.80 bits per heavy atom. The number of para-hydroxylation sites is 2. The number of imidazole rings is 1. The number of amides is 1. The molecule has 0 spiro atoms. The Morgan fingerprint density at radius 1 is 1.24 bits per heavy atom. The van der Waals surface area contributed by atoms with E-state index in [9.17, 15) is 4.79 Å². The van der Waals surface area contributed by atoms with Crippen LogP contribution in [0.5, 0.6) is 0 Å². The van der Waals surface area contributed by atoms with Crippen molar-refractivity contribution >= 4 is 16.9 Å². The molecule has 1 aliphatic carbocycles. The van der Waals surface area contributed by atoms with Crippen molar-refractivity contribution in [2.75, 3.05) is 6.54 Å². The first-order valence-corrected chi connectivity index (χ1v) is 9.87. The summed E-state index contributed by atoms with van der Waals surface area (Å²) in [7, 11) is 0. The molecule has 0 unspecified atom stereocenters. The molecule has 0 saturated heterocycles. The Kier molecular flexibility index (Phi) is 6.11. The molecule has 136 valence electrons. The van der Waals surface area contributed by atoms with Gasteiger partial charge in [0.1, 0.15) is 5.82 Å². The highest BCUT2D eigenvalue weighted by molar-refractivity contribution is 5.80. The number of carbonyl (C=O) groups excluding carboxylic acids is 1. The number of nitrogens with zero attached hydrogens (tertiary/aromatic N) is 2. The second kappa shape index (κ2) is 8.50. The van der Waals surface area contributed by atoms with Crippen molar-refractivity contribution in [3.8, 4) is 0 Å². The van der Waals surface area contributed by atoms with Crippen LogP contribution in [0.25, 0.3) is 11.0 Å². The van der Waals surface area contributed by atoms with E-state index >= 15 is 0 Å². The van der Waals surface area contributed by atoms with E-state index < -0.39 is 0 Å². The minimum Gasteiger partial charge on any atom is -0.356 e. The largest absolute Gasteiger partial charge is 0.356 e. The normalized spacial score (nSPS) is 14.4. The Bertz CT molecular complexity index is 700. The lowest BCUT2D eigenvalue weighted by Gasteiger charge is -2.11. The summed E-state index contributed by atoms with van der Waals surface area (Å²) < 4.78 is 2.41. The van der Waals surface area contributed by atoms with Crippen molar-refractivity contribution in [3.63, 3.8) is 0 Å². The number of carbonyl (C=O) groups is 1. The quantitative estimate of drug-likeness (QED) is 0.654. The highest BCUT2D eigenvalue weighted by atomic mass is 16.2. The predicted molar refractivity (Wildman–Crippen MR) is 102 cm³/mol. The molecule has 0 bridgehead atoms. The monoisotopic (exact) mass is 341 g/mol. The number of unbranched alkanes of at least 4 members (excludes halogenated alkanes) is 2. The van der Waals surface area contributed by atoms with E-state index in [1.54, 1.807) is 0 Å². The van der Waals surface area contributed by atoms with Crippen molar-refractivity contribution in [2.45, 2.75) is 65.3 Å². The van der Waals surface area contributed by atoms with Gasteiger partial charge in [-0.05, 0) is 50.2 Å². The number of aryl methyl sites for hydroxylation is 2. The number of aromatic nitrogens is 2. The van der Waals surface area contributed by atoms with Gasteiger partial charge in [0.15, 0.2) is 0 Å². The van der Waals surface area contributed by atoms with Gasteiger partial charge in [-0.3, -0.25) is 4.79 Å². The fourth-order valence-corrected chi connectivity index (χ4v) is 3.24. The first-order chi connectivity index (χ1) is 12.1. The molecule has 4 heteroatoms. The van der Waals surface area contributed by atoms with Crippen LogP contribution in [-0.2, 0) is 17.8 Å². The van der Waals surface area contributed by atoms with Gasteiger partial charge in [0.2, 0.25) is 5.91 Å². The van der Waals surface area contributed by atoms with Crippen LogP contribution >= 0.6 is 0 Å². The first kappa shape index (κ1) is 18.0. The summed E-state index contributed by atoms with van der Waals surface area (Å²) in [6.45, 7) is 6.41. The zero-order valence-corrected chi connectivity index (χ0v) is 15.6. The van der Waals surface area contributed by atoms with Gasteiger partial charge in [-0.2, -0.15) is 0 Å². The molecule has 1 amide bonds. The average Bonchev–Trinajstić information content (AvgIpc) is 3.38. The molecule has 1 saturated carbocycles. The van der Waals surface area contributed by atoms with Gasteiger partial charge < -0.3 is 9.88 Å². The van der Waals surface area contributed by atoms with E-state index in [-0.39, 0.29) is 5.91 Å². The van der Waals surface area contributed by atoms with Crippen molar-refractivity contribution < 1.29 is 4.79 Å². The fraction of sp³-hybridized carbons (Fsp3) is 0.619. The van der Waals surface area contributed by atoms with Gasteiger partial charge in [0, 0.05) is 25.4 Å². The average molecular weight is 341 g/mol. The van der Waals surface area contributed by atoms with E-state index in [2.05, 4.69) is 48.0 Å². The number of hydrogen-bond acceptors (Lipinski definition) is 2. The Labute approximate surface area is 151 Å². The standard InChI is InChI=1S/C21H31N3O/c1-16(2)13-15-24-19-9-6-5-8-18(19)23-20(24)10-4-3-7-14-22-21(25)17-11-12-17/h5-6,8-9,16-17H,3-4,7,10-15H2,1-2H3,(H,22,25). The van der Waals surface area contributed by atoms with Crippen LogP contribution in [-0.4, -0.2) is 22.0 Å². The number of nitrogens with one attached hydrogen (secondary N) is 1. The van der Waals surface area contributed by atoms with Gasteiger partial charge in [0.25, 0.3) is 0 Å². The Balaban J connectivity index is 1.49. The minimum atomic E-state index is 0.260. The van der Waals surface area contributed by atoms with Crippen LogP contribution < -0.4 is 5.32 Å². The third-order valence-corrected chi connectivity index (χ3v) is 4.99. The summed E-state index contributed by atoms with van der Waals surface area (Å²) in [5.74, 6) is 2.49. The van der Waals surface area contributed by atoms with E-state index in [4.69, 9.17) is 4.98 Å². The topological polar surface area (TPSA) is 46.9 Å². The molecule has 25 heavy (non-hydrogen) atoms. The molecule has 1 N–H and O–H groups in total. The molecule has 2 aromatic rings. The number of benzene rings is 1. The Hall–Kier alpha value is -1.84. The second-order valence-corrected chi connectivity index (χ2v) is 7.73. The molecular weight excluding hydrogens is 310 g/mol. The summed E-state index contributed by atoms with van der Waals surface area (Å²) in [5.41, 5.74) is 2.37. The summed E-state index contributed by atoms with van der Waals surface area (Å²) in [6, 6.07) is 8.45. The fourth-order valence-electron chi connectivity index (χ4n) is 3.24. The molecule has 1 heterocycles. The van der Waals surface area contributed by atoms with Crippen LogP contribution in [0.4, 0.5) is 0 Å². The van der Waals surface area contributed by atoms with Crippen molar-refractivity contribution in [1.29, 1.82) is 0 Å². The van der Waals surface area contributed by atoms with Crippen LogP contribution in [0.2, 0.25) is 0 Å². The molecule has 1 fully saturated rings. The lowest BCUT2D eigenvalue weighted by atomic mass is 10.1. The zero-order valence-electron chi connectivity index (χ0n) is 15.6. The third kappa shape index (κ3) is 5.07. The predicted octanol–water partition coefficient (Wildman–Crippen LogP) is 4.32. The van der Waals surface area contributed by atoms with Crippen LogP contribution in [0.15, 0.2) is 24.3 Å². The van der Waals surface area contributed by atoms with Crippen molar-refractivity contribution in [1.82, 2.24) is 14.9 Å². The van der Waals surface area contributed by atoms with Gasteiger partial charge >= 0.3 is 0 Å². The smallest absolute Gasteiger partial charge is 0.223 e. The molecule has 3 rings (SSSR count). The van der Waals surface area contributed by atoms with E-state index in [1.807, 2.05) is 0 Å². The van der Waals surface area contributed by atoms with E-state index in [1.165, 1.54) is 17.8 Å². The number of rotatable bonds is 10. The zero-order chi connectivity index (χ0) is 17.6. The minimum absolute atomic E-state index is 0.260. The summed E-state index contributed by atoms with van der Waals surface area (Å²) in [4.78, 5) is 16.5. The molecule has 0 aliphatic heterocycles. The maximum atomic E-state index is 11.6. The third-order valence-electron chi connectivity index (χ3n) is 4.99. The van der Waals surface area contributed by atoms with E-state index in [0.29, 0.717) is 11.8 Å². The first-order valence-electron chi connectivity index (χ1n) is 9.87. The maximum Gasteiger partial charge on any atom is 0.223 e. The van der Waals surface area contributed by atoms with E-state index in [0.717, 1.165) is 57.1 Å². The van der Waals surface area contributed by atoms with Gasteiger partial charge in [0.05, 0.1) is 11.0 Å². The van der Waals surface area contributed by atoms with Gasteiger partial charge in [-0.25, -0.2) is 4.98 Å². The number of fused-ring (bicyclic) bond motifs is 1. The van der Waals surface area contributed by atoms with Crippen LogP contribution in [0.1, 0.15) is 58.2 Å². The molecular formula is C21H31N3O. The molecule has 4 nitrogen and oxygen atoms in total. The molecule has 0 atom stereocenters. The Morgan fingerprint density at radius 2 is 2.04 bits per heavy atom. The molecule has 1 aromatic carbocycles. The SMILES string of the molecule is CC(C)CCn1c(CCCCCNC(=O)C2CC2)nc2ccccc21. The van der Waals surface area contributed by atoms with Crippen LogP contribution in [0, 0.1) is 11.8 Å². The highest BCUT2D eigenvalue weighted by Crippen LogP contribution is 2.28. The lowest BCUT2D eigenvalue weighted by molar-refractivity contribution is -0.122. The highest BCUT2D eigenvalue weighted by Gasteiger charge is 2.28. The summed E-state index contributed by atoms with van der Waals surface area (Å²) in [5, 5.41) is 3.05. The molecule has 0 radical (unpaired) electrons. The number of hydrogen-bond donors (Lipinski definition) is 1.